The highest BCUT2D eigenvalue weighted by Gasteiger charge is 2.42. The third-order valence-corrected chi connectivity index (χ3v) is 5.32. The van der Waals surface area contributed by atoms with Crippen molar-refractivity contribution in [3.05, 3.63) is 18.2 Å². The molecule has 1 aromatic rings. The van der Waals surface area contributed by atoms with Gasteiger partial charge in [-0.15, -0.1) is 0 Å². The largest absolute Gasteiger partial charge is 0.387 e. The van der Waals surface area contributed by atoms with Crippen molar-refractivity contribution >= 4 is 0 Å². The van der Waals surface area contributed by atoms with E-state index < -0.39 is 6.10 Å². The van der Waals surface area contributed by atoms with Gasteiger partial charge in [0.15, 0.2) is 0 Å². The zero-order valence-electron chi connectivity index (χ0n) is 12.4. The second-order valence-corrected chi connectivity index (χ2v) is 6.80. The van der Waals surface area contributed by atoms with Crippen LogP contribution in [0, 0.1) is 5.92 Å². The first-order valence-electron chi connectivity index (χ1n) is 8.19. The van der Waals surface area contributed by atoms with Gasteiger partial charge in [-0.3, -0.25) is 0 Å². The molecule has 5 heteroatoms. The molecular weight excluding hydrogens is 268 g/mol. The predicted molar refractivity (Wildman–Crippen MR) is 76.9 cm³/mol. The first-order valence-corrected chi connectivity index (χ1v) is 8.19. The highest BCUT2D eigenvalue weighted by Crippen LogP contribution is 2.43. The summed E-state index contributed by atoms with van der Waals surface area (Å²) >= 11 is 0. The molecule has 1 N–H and O–H groups in total. The van der Waals surface area contributed by atoms with Gasteiger partial charge in [0, 0.05) is 25.9 Å². The maximum Gasteiger partial charge on any atom is 0.0985 e. The van der Waals surface area contributed by atoms with Gasteiger partial charge in [-0.1, -0.05) is 0 Å². The van der Waals surface area contributed by atoms with Gasteiger partial charge in [-0.25, -0.2) is 4.98 Å². The summed E-state index contributed by atoms with van der Waals surface area (Å²) in [5, 5.41) is 10.9. The van der Waals surface area contributed by atoms with Crippen molar-refractivity contribution < 1.29 is 14.6 Å². The van der Waals surface area contributed by atoms with E-state index >= 15 is 0 Å². The Hall–Kier alpha value is -0.910. The summed E-state index contributed by atoms with van der Waals surface area (Å²) in [7, 11) is 0. The molecule has 21 heavy (non-hydrogen) atoms. The van der Waals surface area contributed by atoms with Crippen LogP contribution in [0.25, 0.3) is 0 Å². The van der Waals surface area contributed by atoms with Gasteiger partial charge in [-0.2, -0.15) is 0 Å². The Morgan fingerprint density at radius 2 is 2.05 bits per heavy atom. The van der Waals surface area contributed by atoms with Gasteiger partial charge < -0.3 is 19.1 Å². The van der Waals surface area contributed by atoms with E-state index in [0.29, 0.717) is 6.04 Å². The lowest BCUT2D eigenvalue weighted by Gasteiger charge is -2.44. The van der Waals surface area contributed by atoms with Crippen LogP contribution in [0.1, 0.15) is 56.4 Å². The SMILES string of the molecule is OC(c1cncn1C1CC1)C1CCOC2(CCOCC2)C1. The Morgan fingerprint density at radius 3 is 2.81 bits per heavy atom. The fourth-order valence-corrected chi connectivity index (χ4v) is 3.87. The summed E-state index contributed by atoms with van der Waals surface area (Å²) in [5.41, 5.74) is 0.929. The average molecular weight is 292 g/mol. The summed E-state index contributed by atoms with van der Waals surface area (Å²) in [6.45, 7) is 2.31. The molecule has 1 saturated carbocycles. The topological polar surface area (TPSA) is 56.5 Å². The molecule has 2 unspecified atom stereocenters. The molecule has 0 radical (unpaired) electrons. The molecule has 1 aliphatic carbocycles. The number of aliphatic hydroxyl groups excluding tert-OH is 1. The fourth-order valence-electron chi connectivity index (χ4n) is 3.87. The van der Waals surface area contributed by atoms with E-state index in [2.05, 4.69) is 9.55 Å². The van der Waals surface area contributed by atoms with E-state index in [1.54, 1.807) is 0 Å². The fraction of sp³-hybridized carbons (Fsp3) is 0.812. The highest BCUT2D eigenvalue weighted by molar-refractivity contribution is 5.09. The zero-order valence-corrected chi connectivity index (χ0v) is 12.4. The molecule has 2 aliphatic heterocycles. The van der Waals surface area contributed by atoms with Crippen LogP contribution in [-0.2, 0) is 9.47 Å². The summed E-state index contributed by atoms with van der Waals surface area (Å²) in [5.74, 6) is 0.269. The third kappa shape index (κ3) is 2.62. The molecule has 3 heterocycles. The van der Waals surface area contributed by atoms with E-state index in [1.165, 1.54) is 12.8 Å². The molecule has 0 amide bonds. The molecule has 5 nitrogen and oxygen atoms in total. The second-order valence-electron chi connectivity index (χ2n) is 6.80. The molecule has 4 rings (SSSR count). The number of hydrogen-bond acceptors (Lipinski definition) is 4. The van der Waals surface area contributed by atoms with Crippen LogP contribution in [-0.4, -0.2) is 40.1 Å². The Kier molecular flexibility index (Phi) is 3.52. The normalized spacial score (nSPS) is 30.4. The molecule has 1 aromatic heterocycles. The van der Waals surface area contributed by atoms with E-state index in [9.17, 15) is 5.11 Å². The van der Waals surface area contributed by atoms with Gasteiger partial charge in [0.2, 0.25) is 0 Å². The number of ether oxygens (including phenoxy) is 2. The van der Waals surface area contributed by atoms with Gasteiger partial charge in [0.1, 0.15) is 0 Å². The summed E-state index contributed by atoms with van der Waals surface area (Å²) in [6, 6.07) is 0.564. The van der Waals surface area contributed by atoms with Crippen LogP contribution in [0.5, 0.6) is 0 Å². The number of hydrogen-bond donors (Lipinski definition) is 1. The minimum absolute atomic E-state index is 0.0629. The molecule has 1 spiro atoms. The summed E-state index contributed by atoms with van der Waals surface area (Å²) in [4.78, 5) is 4.26. The van der Waals surface area contributed by atoms with Crippen LogP contribution in [0.4, 0.5) is 0 Å². The van der Waals surface area contributed by atoms with Crippen molar-refractivity contribution in [1.82, 2.24) is 9.55 Å². The molecule has 116 valence electrons. The first-order chi connectivity index (χ1) is 10.3. The minimum Gasteiger partial charge on any atom is -0.387 e. The number of imidazole rings is 1. The summed E-state index contributed by atoms with van der Waals surface area (Å²) in [6.07, 6.45) is 9.51. The Bertz CT molecular complexity index is 486. The van der Waals surface area contributed by atoms with Crippen molar-refractivity contribution in [3.63, 3.8) is 0 Å². The lowest BCUT2D eigenvalue weighted by atomic mass is 9.78. The Morgan fingerprint density at radius 1 is 1.24 bits per heavy atom. The monoisotopic (exact) mass is 292 g/mol. The average Bonchev–Trinajstić information content (AvgIpc) is 3.24. The van der Waals surface area contributed by atoms with Crippen LogP contribution in [0.15, 0.2) is 12.5 Å². The van der Waals surface area contributed by atoms with E-state index in [-0.39, 0.29) is 11.5 Å². The number of aromatic nitrogens is 2. The molecule has 2 atom stereocenters. The smallest absolute Gasteiger partial charge is 0.0985 e. The summed E-state index contributed by atoms with van der Waals surface area (Å²) < 4.78 is 13.7. The Labute approximate surface area is 125 Å². The quantitative estimate of drug-likeness (QED) is 0.928. The van der Waals surface area contributed by atoms with Gasteiger partial charge in [-0.05, 0) is 44.4 Å². The predicted octanol–water partition coefficient (Wildman–Crippen LogP) is 2.23. The van der Waals surface area contributed by atoms with Crippen molar-refractivity contribution in [3.8, 4) is 0 Å². The standard InChI is InChI=1S/C16H24N2O3/c19-15(14-10-17-11-18(14)13-1-2-13)12-3-6-21-16(9-12)4-7-20-8-5-16/h10-13,15,19H,1-9H2. The number of nitrogens with zero attached hydrogens (tertiary/aromatic N) is 2. The van der Waals surface area contributed by atoms with E-state index in [1.807, 2.05) is 12.5 Å². The van der Waals surface area contributed by atoms with Crippen molar-refractivity contribution in [2.45, 2.75) is 56.3 Å². The van der Waals surface area contributed by atoms with Crippen LogP contribution >= 0.6 is 0 Å². The highest BCUT2D eigenvalue weighted by atomic mass is 16.5. The van der Waals surface area contributed by atoms with Crippen LogP contribution < -0.4 is 0 Å². The number of aliphatic hydroxyl groups is 1. The van der Waals surface area contributed by atoms with E-state index in [0.717, 1.165) is 51.2 Å². The second kappa shape index (κ2) is 5.38. The Balaban J connectivity index is 1.50. The molecule has 3 aliphatic rings. The number of rotatable bonds is 3. The molecule has 2 saturated heterocycles. The molecule has 3 fully saturated rings. The maximum absolute atomic E-state index is 10.9. The van der Waals surface area contributed by atoms with Gasteiger partial charge in [0.05, 0.1) is 29.9 Å². The van der Waals surface area contributed by atoms with Gasteiger partial charge >= 0.3 is 0 Å². The van der Waals surface area contributed by atoms with Gasteiger partial charge in [0.25, 0.3) is 0 Å². The molecule has 0 aromatic carbocycles. The molecule has 0 bridgehead atoms. The lowest BCUT2D eigenvalue weighted by molar-refractivity contribution is -0.159. The third-order valence-electron chi connectivity index (χ3n) is 5.32. The van der Waals surface area contributed by atoms with Crippen LogP contribution in [0.2, 0.25) is 0 Å². The van der Waals surface area contributed by atoms with Crippen molar-refractivity contribution in [2.24, 2.45) is 5.92 Å². The maximum atomic E-state index is 10.9. The van der Waals surface area contributed by atoms with Crippen LogP contribution in [0.3, 0.4) is 0 Å². The first kappa shape index (κ1) is 13.7. The van der Waals surface area contributed by atoms with Crippen molar-refractivity contribution in [2.75, 3.05) is 19.8 Å². The zero-order chi connectivity index (χ0) is 14.3. The van der Waals surface area contributed by atoms with E-state index in [4.69, 9.17) is 9.47 Å². The van der Waals surface area contributed by atoms with Crippen molar-refractivity contribution in [1.29, 1.82) is 0 Å². The minimum atomic E-state index is -0.420. The lowest BCUT2D eigenvalue weighted by Crippen LogP contribution is -2.45. The molecular formula is C16H24N2O3.